The summed E-state index contributed by atoms with van der Waals surface area (Å²) in [5.41, 5.74) is 4.47. The first-order valence-electron chi connectivity index (χ1n) is 8.62. The van der Waals surface area contributed by atoms with Gasteiger partial charge in [0.1, 0.15) is 17.1 Å². The molecule has 0 aliphatic rings. The van der Waals surface area contributed by atoms with Gasteiger partial charge in [0.05, 0.1) is 11.9 Å². The van der Waals surface area contributed by atoms with Crippen molar-refractivity contribution in [3.05, 3.63) is 83.9 Å². The minimum absolute atomic E-state index is 0.735. The number of nitrogens with zero attached hydrogens (tertiary/aromatic N) is 3. The van der Waals surface area contributed by atoms with Crippen LogP contribution in [0.4, 0.5) is 5.69 Å². The van der Waals surface area contributed by atoms with Crippen molar-refractivity contribution in [3.8, 4) is 5.75 Å². The lowest BCUT2D eigenvalue weighted by Crippen LogP contribution is -2.29. The van der Waals surface area contributed by atoms with Gasteiger partial charge in [-0.25, -0.2) is 4.99 Å². The van der Waals surface area contributed by atoms with Crippen molar-refractivity contribution in [1.82, 2.24) is 9.97 Å². The molecule has 2 aromatic carbocycles. The second-order valence-corrected chi connectivity index (χ2v) is 11.5. The van der Waals surface area contributed by atoms with E-state index in [4.69, 9.17) is 9.42 Å². The normalized spacial score (nSPS) is 12.1. The highest BCUT2D eigenvalue weighted by Gasteiger charge is 2.19. The third kappa shape index (κ3) is 4.64. The summed E-state index contributed by atoms with van der Waals surface area (Å²) < 4.78 is 6.26. The van der Waals surface area contributed by atoms with Crippen LogP contribution in [0.1, 0.15) is 16.8 Å². The molecule has 1 aromatic heterocycles. The molecule has 0 atom stereocenters. The molecule has 0 fully saturated rings. The second kappa shape index (κ2) is 7.62. The van der Waals surface area contributed by atoms with Crippen LogP contribution < -0.4 is 4.43 Å². The van der Waals surface area contributed by atoms with Gasteiger partial charge in [0.2, 0.25) is 8.32 Å². The summed E-state index contributed by atoms with van der Waals surface area (Å²) in [5, 5.41) is 0. The van der Waals surface area contributed by atoms with Gasteiger partial charge in [-0.05, 0) is 44.3 Å². The van der Waals surface area contributed by atoms with Crippen LogP contribution >= 0.6 is 0 Å². The van der Waals surface area contributed by atoms with Gasteiger partial charge in [0.15, 0.2) is 0 Å². The number of aromatic nitrogens is 2. The molecule has 0 radical (unpaired) electrons. The van der Waals surface area contributed by atoms with Crippen molar-refractivity contribution in [1.29, 1.82) is 0 Å². The van der Waals surface area contributed by atoms with E-state index in [1.807, 2.05) is 36.4 Å². The van der Waals surface area contributed by atoms with Gasteiger partial charge in [-0.2, -0.15) is 0 Å². The largest absolute Gasteiger partial charge is 0.543 e. The van der Waals surface area contributed by atoms with Crippen molar-refractivity contribution in [2.45, 2.75) is 26.6 Å². The van der Waals surface area contributed by atoms with Crippen LogP contribution in [0.2, 0.25) is 19.6 Å². The topological polar surface area (TPSA) is 47.4 Å². The fraction of sp³-hybridized carbons (Fsp3) is 0.190. The molecule has 0 saturated carbocycles. The third-order valence-corrected chi connectivity index (χ3v) is 4.45. The zero-order chi connectivity index (χ0) is 18.6. The summed E-state index contributed by atoms with van der Waals surface area (Å²) in [6.07, 6.45) is 5.09. The Balaban J connectivity index is 2.16. The molecule has 0 bridgehead atoms. The summed E-state index contributed by atoms with van der Waals surface area (Å²) in [5.74, 6) is 0.812. The molecule has 0 aliphatic carbocycles. The SMILES string of the molecule is Cc1ccc(O[Si](C)(C)C)c(N=C(c2ccccc2)c2cnccn2)c1. The van der Waals surface area contributed by atoms with Crippen molar-refractivity contribution in [3.63, 3.8) is 0 Å². The Bertz CT molecular complexity index is 862. The third-order valence-electron chi connectivity index (χ3n) is 3.62. The predicted octanol–water partition coefficient (Wildman–Crippen LogP) is 5.17. The Kier molecular flexibility index (Phi) is 5.28. The molecule has 3 rings (SSSR count). The Labute approximate surface area is 155 Å². The van der Waals surface area contributed by atoms with E-state index >= 15 is 0 Å². The molecule has 0 unspecified atom stereocenters. The van der Waals surface area contributed by atoms with Gasteiger partial charge in [-0.1, -0.05) is 36.4 Å². The second-order valence-electron chi connectivity index (χ2n) is 7.10. The molecular weight excluding hydrogens is 338 g/mol. The van der Waals surface area contributed by atoms with E-state index in [-0.39, 0.29) is 0 Å². The van der Waals surface area contributed by atoms with E-state index in [9.17, 15) is 0 Å². The summed E-state index contributed by atoms with van der Waals surface area (Å²) in [7, 11) is -1.75. The molecule has 0 spiro atoms. The molecule has 0 saturated heterocycles. The van der Waals surface area contributed by atoms with E-state index in [1.165, 1.54) is 0 Å². The number of rotatable bonds is 5. The molecule has 1 heterocycles. The summed E-state index contributed by atoms with van der Waals surface area (Å²) in [6.45, 7) is 8.56. The number of aliphatic imine (C=N–C) groups is 1. The average Bonchev–Trinajstić information content (AvgIpc) is 2.62. The van der Waals surface area contributed by atoms with Gasteiger partial charge < -0.3 is 4.43 Å². The smallest absolute Gasteiger partial charge is 0.242 e. The minimum Gasteiger partial charge on any atom is -0.543 e. The molecule has 5 heteroatoms. The minimum atomic E-state index is -1.75. The first-order valence-corrected chi connectivity index (χ1v) is 12.0. The van der Waals surface area contributed by atoms with E-state index < -0.39 is 8.32 Å². The Morgan fingerprint density at radius 2 is 1.77 bits per heavy atom. The molecule has 0 aliphatic heterocycles. The number of benzene rings is 2. The standard InChI is InChI=1S/C21H23N3OSi/c1-16-10-11-20(25-26(2,3)4)18(14-16)24-21(17-8-6-5-7-9-17)19-15-22-12-13-23-19/h5-15H,1-4H3. The fourth-order valence-corrected chi connectivity index (χ4v) is 3.37. The number of hydrogen-bond donors (Lipinski definition) is 0. The van der Waals surface area contributed by atoms with E-state index in [0.29, 0.717) is 0 Å². The highest BCUT2D eigenvalue weighted by Crippen LogP contribution is 2.32. The predicted molar refractivity (Wildman–Crippen MR) is 109 cm³/mol. The molecule has 4 nitrogen and oxygen atoms in total. The lowest BCUT2D eigenvalue weighted by Gasteiger charge is -2.21. The van der Waals surface area contributed by atoms with E-state index in [1.54, 1.807) is 18.6 Å². The maximum absolute atomic E-state index is 6.26. The Morgan fingerprint density at radius 1 is 1.00 bits per heavy atom. The fourth-order valence-electron chi connectivity index (χ4n) is 2.54. The van der Waals surface area contributed by atoms with Gasteiger partial charge in [-0.3, -0.25) is 9.97 Å². The van der Waals surface area contributed by atoms with E-state index in [2.05, 4.69) is 48.7 Å². The van der Waals surface area contributed by atoms with Crippen molar-refractivity contribution in [2.75, 3.05) is 0 Å². The van der Waals surface area contributed by atoms with Crippen molar-refractivity contribution in [2.24, 2.45) is 4.99 Å². The monoisotopic (exact) mass is 361 g/mol. The Morgan fingerprint density at radius 3 is 2.42 bits per heavy atom. The van der Waals surface area contributed by atoms with Crippen molar-refractivity contribution < 1.29 is 4.43 Å². The molecule has 0 N–H and O–H groups in total. The molecule has 132 valence electrons. The number of aryl methyl sites for hydroxylation is 1. The van der Waals surface area contributed by atoms with Crippen LogP contribution in [0.5, 0.6) is 5.75 Å². The van der Waals surface area contributed by atoms with Crippen molar-refractivity contribution >= 4 is 19.7 Å². The van der Waals surface area contributed by atoms with Crippen LogP contribution in [0, 0.1) is 6.92 Å². The van der Waals surface area contributed by atoms with Crippen LogP contribution in [0.3, 0.4) is 0 Å². The number of hydrogen-bond acceptors (Lipinski definition) is 4. The van der Waals surface area contributed by atoms with Crippen LogP contribution in [0.15, 0.2) is 72.1 Å². The zero-order valence-corrected chi connectivity index (χ0v) is 16.6. The van der Waals surface area contributed by atoms with E-state index in [0.717, 1.165) is 34.0 Å². The van der Waals surface area contributed by atoms with Gasteiger partial charge in [-0.15, -0.1) is 0 Å². The molecule has 0 amide bonds. The summed E-state index contributed by atoms with van der Waals surface area (Å²) in [6, 6.07) is 16.2. The summed E-state index contributed by atoms with van der Waals surface area (Å²) in [4.78, 5) is 13.6. The molecular formula is C21H23N3OSi. The zero-order valence-electron chi connectivity index (χ0n) is 15.6. The lowest BCUT2D eigenvalue weighted by molar-refractivity contribution is 0.559. The first kappa shape index (κ1) is 18.0. The van der Waals surface area contributed by atoms with Gasteiger partial charge >= 0.3 is 0 Å². The molecule has 3 aromatic rings. The highest BCUT2D eigenvalue weighted by molar-refractivity contribution is 6.70. The first-order chi connectivity index (χ1) is 12.4. The van der Waals surface area contributed by atoms with Crippen LogP contribution in [-0.4, -0.2) is 24.0 Å². The highest BCUT2D eigenvalue weighted by atomic mass is 28.4. The van der Waals surface area contributed by atoms with Gasteiger partial charge in [0, 0.05) is 18.0 Å². The quantitative estimate of drug-likeness (QED) is 0.465. The van der Waals surface area contributed by atoms with Gasteiger partial charge in [0.25, 0.3) is 0 Å². The maximum atomic E-state index is 6.26. The maximum Gasteiger partial charge on any atom is 0.242 e. The summed E-state index contributed by atoms with van der Waals surface area (Å²) >= 11 is 0. The molecule has 26 heavy (non-hydrogen) atoms. The van der Waals surface area contributed by atoms with Crippen LogP contribution in [0.25, 0.3) is 0 Å². The lowest BCUT2D eigenvalue weighted by atomic mass is 10.1. The Hall–Kier alpha value is -2.79. The van der Waals surface area contributed by atoms with Crippen LogP contribution in [-0.2, 0) is 0 Å². The average molecular weight is 362 g/mol.